The fourth-order valence-electron chi connectivity index (χ4n) is 4.99. The highest BCUT2D eigenvalue weighted by atomic mass is 35.5. The van der Waals surface area contributed by atoms with E-state index in [0.29, 0.717) is 16.3 Å². The van der Waals surface area contributed by atoms with Crippen LogP contribution in [-0.2, 0) is 19.7 Å². The number of carbonyl (C=O) groups excluding carboxylic acids is 3. The summed E-state index contributed by atoms with van der Waals surface area (Å²) in [5.41, 5.74) is 1.11. The van der Waals surface area contributed by atoms with Crippen LogP contribution in [0.5, 0.6) is 0 Å². The minimum Gasteiger partial charge on any atom is -0.360 e. The molecule has 3 aliphatic rings. The summed E-state index contributed by atoms with van der Waals surface area (Å²) in [6.45, 7) is 6.45. The lowest BCUT2D eigenvalue weighted by atomic mass is 9.77. The number of rotatable bonds is 4. The van der Waals surface area contributed by atoms with Crippen LogP contribution in [0.1, 0.15) is 36.7 Å². The molecule has 2 aromatic carbocycles. The first kappa shape index (κ1) is 21.9. The molecule has 6 nitrogen and oxygen atoms in total. The van der Waals surface area contributed by atoms with Gasteiger partial charge in [-0.05, 0) is 47.4 Å². The highest BCUT2D eigenvalue weighted by molar-refractivity contribution is 6.31. The van der Waals surface area contributed by atoms with E-state index in [0.717, 1.165) is 5.56 Å². The molecule has 0 aromatic heterocycles. The molecule has 2 fully saturated rings. The number of ether oxygens (including phenoxy) is 1. The van der Waals surface area contributed by atoms with Gasteiger partial charge in [0.25, 0.3) is 5.91 Å². The van der Waals surface area contributed by atoms with Gasteiger partial charge in [0, 0.05) is 10.6 Å². The molecule has 170 valence electrons. The van der Waals surface area contributed by atoms with E-state index < -0.39 is 23.5 Å². The third-order valence-electron chi connectivity index (χ3n) is 6.78. The Balaban J connectivity index is 1.35. The van der Waals surface area contributed by atoms with Crippen LogP contribution in [0, 0.1) is 11.8 Å². The van der Waals surface area contributed by atoms with E-state index in [1.165, 1.54) is 4.90 Å². The van der Waals surface area contributed by atoms with Gasteiger partial charge in [-0.2, -0.15) is 0 Å². The van der Waals surface area contributed by atoms with Crippen LogP contribution in [0.3, 0.4) is 0 Å². The lowest BCUT2D eigenvalue weighted by Gasteiger charge is -2.29. The topological polar surface area (TPSA) is 75.7 Å². The van der Waals surface area contributed by atoms with Crippen LogP contribution in [0.2, 0.25) is 5.02 Å². The zero-order valence-electron chi connectivity index (χ0n) is 18.7. The molecule has 0 aliphatic carbocycles. The third kappa shape index (κ3) is 3.49. The summed E-state index contributed by atoms with van der Waals surface area (Å²) in [5, 5.41) is 3.44. The molecule has 2 bridgehead atoms. The molecule has 0 unspecified atom stereocenters. The monoisotopic (exact) mass is 464 g/mol. The van der Waals surface area contributed by atoms with Crippen molar-refractivity contribution in [1.82, 2.24) is 5.32 Å². The largest absolute Gasteiger partial charge is 0.360 e. The Hall–Kier alpha value is -2.96. The molecule has 0 radical (unpaired) electrons. The van der Waals surface area contributed by atoms with Crippen molar-refractivity contribution < 1.29 is 19.1 Å². The van der Waals surface area contributed by atoms with Crippen LogP contribution in [0.4, 0.5) is 5.69 Å². The summed E-state index contributed by atoms with van der Waals surface area (Å²) in [4.78, 5) is 40.6. The van der Waals surface area contributed by atoms with Crippen LogP contribution in [0.15, 0.2) is 60.7 Å². The first-order valence-electron chi connectivity index (χ1n) is 11.0. The Morgan fingerprint density at radius 1 is 1.06 bits per heavy atom. The van der Waals surface area contributed by atoms with Gasteiger partial charge in [0.15, 0.2) is 0 Å². The van der Waals surface area contributed by atoms with Gasteiger partial charge in [0.05, 0.1) is 30.2 Å². The fourth-order valence-corrected chi connectivity index (χ4v) is 5.12. The fraction of sp³-hybridized carbons (Fsp3) is 0.346. The van der Waals surface area contributed by atoms with E-state index in [9.17, 15) is 14.4 Å². The van der Waals surface area contributed by atoms with Gasteiger partial charge in [-0.3, -0.25) is 14.4 Å². The number of nitrogens with one attached hydrogen (secondary N) is 1. The summed E-state index contributed by atoms with van der Waals surface area (Å²) in [5.74, 6) is -2.13. The maximum atomic E-state index is 13.4. The Morgan fingerprint density at radius 3 is 2.36 bits per heavy atom. The normalized spacial score (nSPS) is 27.9. The van der Waals surface area contributed by atoms with E-state index in [2.05, 4.69) is 26.1 Å². The van der Waals surface area contributed by atoms with Crippen molar-refractivity contribution in [3.63, 3.8) is 0 Å². The minimum atomic E-state index is -1.04. The summed E-state index contributed by atoms with van der Waals surface area (Å²) in [6.07, 6.45) is 3.16. The van der Waals surface area contributed by atoms with Gasteiger partial charge in [0.1, 0.15) is 5.60 Å². The second-order valence-corrected chi connectivity index (χ2v) is 10.3. The van der Waals surface area contributed by atoms with Gasteiger partial charge >= 0.3 is 0 Å². The molecule has 5 rings (SSSR count). The highest BCUT2D eigenvalue weighted by Crippen LogP contribution is 2.52. The smallest absolute Gasteiger partial charge is 0.251 e. The number of amides is 3. The summed E-state index contributed by atoms with van der Waals surface area (Å²) in [6, 6.07) is 14.1. The molecule has 4 atom stereocenters. The van der Waals surface area contributed by atoms with Crippen molar-refractivity contribution in [2.24, 2.45) is 11.8 Å². The number of benzene rings is 2. The minimum absolute atomic E-state index is 0.00431. The Kier molecular flexibility index (Phi) is 4.99. The number of fused-ring (bicyclic) bond motifs is 5. The van der Waals surface area contributed by atoms with Crippen molar-refractivity contribution in [3.05, 3.63) is 76.8 Å². The molecular formula is C26H25ClN2O4. The predicted molar refractivity (Wildman–Crippen MR) is 125 cm³/mol. The maximum Gasteiger partial charge on any atom is 0.251 e. The molecule has 0 spiro atoms. The molecule has 7 heteroatoms. The van der Waals surface area contributed by atoms with Crippen molar-refractivity contribution in [2.45, 2.75) is 37.9 Å². The van der Waals surface area contributed by atoms with Gasteiger partial charge in [0.2, 0.25) is 11.8 Å². The number of hydrogen-bond acceptors (Lipinski definition) is 4. The number of hydrogen-bond donors (Lipinski definition) is 1. The molecule has 33 heavy (non-hydrogen) atoms. The quantitative estimate of drug-likeness (QED) is 0.550. The standard InChI is InChI=1S/C26H25ClN2O4/c1-25(2,3)16-6-4-15(5-7-16)22(30)28-14-26-13-12-19(33-26)20-21(26)24(32)29(23(20)31)18-10-8-17(27)9-11-18/h4-13,19-21H,14H2,1-3H3,(H,28,30)/t19-,20-,21-,26-/m1/s1. The van der Waals surface area contributed by atoms with E-state index >= 15 is 0 Å². The zero-order valence-corrected chi connectivity index (χ0v) is 19.4. The van der Waals surface area contributed by atoms with Crippen molar-refractivity contribution in [3.8, 4) is 0 Å². The van der Waals surface area contributed by atoms with Crippen LogP contribution in [0.25, 0.3) is 0 Å². The number of nitrogens with zero attached hydrogens (tertiary/aromatic N) is 1. The van der Waals surface area contributed by atoms with E-state index in [4.69, 9.17) is 16.3 Å². The Morgan fingerprint density at radius 2 is 1.73 bits per heavy atom. The highest BCUT2D eigenvalue weighted by Gasteiger charge is 2.67. The average molecular weight is 465 g/mol. The maximum absolute atomic E-state index is 13.4. The summed E-state index contributed by atoms with van der Waals surface area (Å²) < 4.78 is 6.11. The lowest BCUT2D eigenvalue weighted by Crippen LogP contribution is -2.48. The molecule has 3 aliphatic heterocycles. The summed E-state index contributed by atoms with van der Waals surface area (Å²) >= 11 is 5.96. The van der Waals surface area contributed by atoms with Crippen molar-refractivity contribution >= 4 is 35.0 Å². The molecule has 3 heterocycles. The Labute approximate surface area is 197 Å². The molecule has 3 amide bonds. The average Bonchev–Trinajstić information content (AvgIpc) is 3.43. The first-order valence-corrected chi connectivity index (χ1v) is 11.4. The van der Waals surface area contributed by atoms with Crippen LogP contribution < -0.4 is 10.2 Å². The molecule has 0 saturated carbocycles. The number of anilines is 1. The van der Waals surface area contributed by atoms with Crippen LogP contribution in [-0.4, -0.2) is 36.0 Å². The predicted octanol–water partition coefficient (Wildman–Crippen LogP) is 3.88. The Bertz CT molecular complexity index is 1170. The van der Waals surface area contributed by atoms with E-state index in [1.54, 1.807) is 36.4 Å². The van der Waals surface area contributed by atoms with Gasteiger partial charge in [-0.15, -0.1) is 0 Å². The molecule has 2 saturated heterocycles. The van der Waals surface area contributed by atoms with Gasteiger partial charge < -0.3 is 10.1 Å². The van der Waals surface area contributed by atoms with Gasteiger partial charge in [-0.25, -0.2) is 4.90 Å². The molecule has 2 aromatic rings. The lowest BCUT2D eigenvalue weighted by molar-refractivity contribution is -0.126. The summed E-state index contributed by atoms with van der Waals surface area (Å²) in [7, 11) is 0. The first-order chi connectivity index (χ1) is 15.6. The number of imide groups is 1. The number of carbonyl (C=O) groups is 3. The van der Waals surface area contributed by atoms with Crippen molar-refractivity contribution in [2.75, 3.05) is 11.4 Å². The molecular weight excluding hydrogens is 440 g/mol. The van der Waals surface area contributed by atoms with Crippen molar-refractivity contribution in [1.29, 1.82) is 0 Å². The number of halogens is 1. The van der Waals surface area contributed by atoms with E-state index in [-0.39, 0.29) is 29.7 Å². The SMILES string of the molecule is CC(C)(C)c1ccc(C(=O)NC[C@@]23C=C[C@@H](O2)[C@H]2C(=O)N(c4ccc(Cl)cc4)C(=O)[C@@H]23)cc1. The molecule has 1 N–H and O–H groups in total. The third-order valence-corrected chi connectivity index (χ3v) is 7.03. The van der Waals surface area contributed by atoms with Gasteiger partial charge in [-0.1, -0.05) is 56.7 Å². The second kappa shape index (κ2) is 7.54. The van der Waals surface area contributed by atoms with E-state index in [1.807, 2.05) is 24.3 Å². The second-order valence-electron chi connectivity index (χ2n) is 9.90. The van der Waals surface area contributed by atoms with Crippen LogP contribution >= 0.6 is 11.6 Å². The zero-order chi connectivity index (χ0) is 23.5.